The number of fused-ring (bicyclic) bond motifs is 1. The summed E-state index contributed by atoms with van der Waals surface area (Å²) in [7, 11) is 1.93. The number of alkyl halides is 1. The number of hydrogen-bond acceptors (Lipinski definition) is 1. The van der Waals surface area contributed by atoms with E-state index in [0.29, 0.717) is 5.91 Å². The fourth-order valence-corrected chi connectivity index (χ4v) is 4.13. The van der Waals surface area contributed by atoms with Crippen molar-refractivity contribution in [1.29, 1.82) is 0 Å². The van der Waals surface area contributed by atoms with Crippen LogP contribution in [0.15, 0.2) is 0 Å². The van der Waals surface area contributed by atoms with Gasteiger partial charge in [-0.3, -0.25) is 4.79 Å². The maximum Gasteiger partial charge on any atom is 0.229 e. The van der Waals surface area contributed by atoms with E-state index in [1.54, 1.807) is 0 Å². The van der Waals surface area contributed by atoms with Crippen molar-refractivity contribution in [3.63, 3.8) is 0 Å². The van der Waals surface area contributed by atoms with Gasteiger partial charge in [0.2, 0.25) is 5.91 Å². The summed E-state index contributed by atoms with van der Waals surface area (Å²) >= 11 is 2.15. The van der Waals surface area contributed by atoms with E-state index < -0.39 is 0 Å². The molecule has 1 saturated carbocycles. The van der Waals surface area contributed by atoms with Crippen LogP contribution in [0.4, 0.5) is 0 Å². The SMILES string of the molecule is CC.CC.CI.CN1C(=O)C2(C)C(C)(C)C2(C)C1(C)C. The lowest BCUT2D eigenvalue weighted by atomic mass is 9.79. The highest BCUT2D eigenvalue weighted by atomic mass is 127. The largest absolute Gasteiger partial charge is 0.340 e. The third-order valence-electron chi connectivity index (χ3n) is 6.23. The molecule has 0 aromatic rings. The number of hydrogen-bond donors (Lipinski definition) is 0. The van der Waals surface area contributed by atoms with Crippen LogP contribution in [0.5, 0.6) is 0 Å². The predicted molar refractivity (Wildman–Crippen MR) is 99.5 cm³/mol. The molecule has 3 heteroatoms. The minimum absolute atomic E-state index is 0.0255. The van der Waals surface area contributed by atoms with Crippen LogP contribution in [0.1, 0.15) is 69.2 Å². The third-order valence-corrected chi connectivity index (χ3v) is 6.23. The van der Waals surface area contributed by atoms with E-state index in [9.17, 15) is 4.79 Å². The van der Waals surface area contributed by atoms with E-state index >= 15 is 0 Å². The van der Waals surface area contributed by atoms with Crippen LogP contribution in [0.25, 0.3) is 0 Å². The van der Waals surface area contributed by atoms with Crippen LogP contribution in [0.2, 0.25) is 0 Å². The van der Waals surface area contributed by atoms with Gasteiger partial charge in [0.1, 0.15) is 0 Å². The van der Waals surface area contributed by atoms with Crippen LogP contribution in [0.3, 0.4) is 0 Å². The summed E-state index contributed by atoms with van der Waals surface area (Å²) in [6, 6.07) is 0. The minimum Gasteiger partial charge on any atom is -0.340 e. The van der Waals surface area contributed by atoms with Gasteiger partial charge < -0.3 is 4.90 Å². The normalized spacial score (nSPS) is 34.5. The number of piperidine rings is 1. The standard InChI is InChI=1S/C12H21NO.2C2H6.CH3I/c1-9(2)11(5)8(14)13(7)10(3,4)12(9,11)6;3*1-2/h1-7H3;2*1-2H3;1H3. The number of rotatable bonds is 0. The lowest BCUT2D eigenvalue weighted by Crippen LogP contribution is -2.48. The average molecular weight is 397 g/mol. The van der Waals surface area contributed by atoms with Gasteiger partial charge in [-0.1, -0.05) is 71.1 Å². The molecule has 2 fully saturated rings. The van der Waals surface area contributed by atoms with Gasteiger partial charge in [-0.25, -0.2) is 0 Å². The molecule has 1 saturated heterocycles. The van der Waals surface area contributed by atoms with Crippen molar-refractivity contribution in [3.8, 4) is 0 Å². The Bertz CT molecular complexity index is 338. The average Bonchev–Trinajstić information content (AvgIpc) is 2.80. The summed E-state index contributed by atoms with van der Waals surface area (Å²) in [5.74, 6) is 0.315. The molecule has 2 aliphatic rings. The zero-order chi connectivity index (χ0) is 17.2. The first-order valence-electron chi connectivity index (χ1n) is 7.73. The maximum absolute atomic E-state index is 12.2. The second-order valence-electron chi connectivity index (χ2n) is 6.30. The third kappa shape index (κ3) is 2.14. The molecule has 1 aliphatic carbocycles. The lowest BCUT2D eigenvalue weighted by molar-refractivity contribution is -0.137. The zero-order valence-electron chi connectivity index (χ0n) is 15.7. The first kappa shape index (κ1) is 22.5. The van der Waals surface area contributed by atoms with Crippen molar-refractivity contribution < 1.29 is 4.79 Å². The quantitative estimate of drug-likeness (QED) is 0.396. The van der Waals surface area contributed by atoms with Gasteiger partial charge in [0.25, 0.3) is 0 Å². The number of amides is 1. The molecule has 2 atom stereocenters. The maximum atomic E-state index is 12.2. The van der Waals surface area contributed by atoms with Crippen molar-refractivity contribution in [2.24, 2.45) is 16.2 Å². The molecule has 122 valence electrons. The van der Waals surface area contributed by atoms with Gasteiger partial charge in [0.15, 0.2) is 0 Å². The Kier molecular flexibility index (Phi) is 7.84. The smallest absolute Gasteiger partial charge is 0.229 e. The minimum atomic E-state index is -0.155. The number of halogens is 1. The summed E-state index contributed by atoms with van der Waals surface area (Å²) in [5, 5.41) is 0. The molecule has 2 rings (SSSR count). The molecule has 0 N–H and O–H groups in total. The molecular formula is C17H36INO. The lowest BCUT2D eigenvalue weighted by Gasteiger charge is -2.39. The molecule has 1 aliphatic heterocycles. The summed E-state index contributed by atoms with van der Waals surface area (Å²) in [4.78, 5) is 16.1. The highest BCUT2D eigenvalue weighted by molar-refractivity contribution is 14.1. The highest BCUT2D eigenvalue weighted by Crippen LogP contribution is 2.85. The van der Waals surface area contributed by atoms with E-state index in [1.165, 1.54) is 0 Å². The molecule has 20 heavy (non-hydrogen) atoms. The first-order chi connectivity index (χ1) is 9.07. The second kappa shape index (κ2) is 6.97. The fourth-order valence-electron chi connectivity index (χ4n) is 4.13. The number of nitrogens with zero attached hydrogens (tertiary/aromatic N) is 1. The fraction of sp³-hybridized carbons (Fsp3) is 0.941. The molecule has 0 spiro atoms. The van der Waals surface area contributed by atoms with E-state index in [2.05, 4.69) is 64.1 Å². The Morgan fingerprint density at radius 2 is 1.15 bits per heavy atom. The summed E-state index contributed by atoms with van der Waals surface area (Å²) in [5.41, 5.74) is 0.0620. The van der Waals surface area contributed by atoms with Crippen LogP contribution < -0.4 is 0 Å². The Labute approximate surface area is 141 Å². The van der Waals surface area contributed by atoms with Gasteiger partial charge in [-0.15, -0.1) is 0 Å². The summed E-state index contributed by atoms with van der Waals surface area (Å²) in [6.07, 6.45) is 0. The van der Waals surface area contributed by atoms with Gasteiger partial charge in [0.05, 0.1) is 5.41 Å². The molecule has 1 heterocycles. The predicted octanol–water partition coefficient (Wildman–Crippen LogP) is 5.39. The van der Waals surface area contributed by atoms with Gasteiger partial charge >= 0.3 is 0 Å². The topological polar surface area (TPSA) is 20.3 Å². The molecular weight excluding hydrogens is 361 g/mol. The number of carbonyl (C=O) groups excluding carboxylic acids is 1. The first-order valence-corrected chi connectivity index (χ1v) is 9.88. The van der Waals surface area contributed by atoms with Gasteiger partial charge in [0, 0.05) is 18.0 Å². The van der Waals surface area contributed by atoms with Crippen molar-refractivity contribution in [1.82, 2.24) is 4.90 Å². The van der Waals surface area contributed by atoms with Crippen molar-refractivity contribution in [2.75, 3.05) is 12.0 Å². The van der Waals surface area contributed by atoms with Crippen molar-refractivity contribution in [2.45, 2.75) is 74.8 Å². The zero-order valence-corrected chi connectivity index (χ0v) is 17.9. The van der Waals surface area contributed by atoms with E-state index in [0.717, 1.165) is 0 Å². The van der Waals surface area contributed by atoms with Crippen molar-refractivity contribution in [3.05, 3.63) is 0 Å². The van der Waals surface area contributed by atoms with Crippen LogP contribution in [-0.2, 0) is 4.79 Å². The molecule has 2 nitrogen and oxygen atoms in total. The number of carbonyl (C=O) groups is 1. The Balaban J connectivity index is 0. The summed E-state index contributed by atoms with van der Waals surface area (Å²) < 4.78 is 0. The summed E-state index contributed by atoms with van der Waals surface area (Å²) in [6.45, 7) is 21.2. The Morgan fingerprint density at radius 1 is 0.850 bits per heavy atom. The highest BCUT2D eigenvalue weighted by Gasteiger charge is 2.90. The van der Waals surface area contributed by atoms with E-state index in [1.807, 2.05) is 44.6 Å². The van der Waals surface area contributed by atoms with E-state index in [-0.39, 0.29) is 21.8 Å². The molecule has 0 aromatic heterocycles. The molecule has 2 unspecified atom stereocenters. The van der Waals surface area contributed by atoms with Crippen LogP contribution in [-0.4, -0.2) is 28.3 Å². The molecule has 0 bridgehead atoms. The number of likely N-dealkylation sites (tertiary alicyclic amines) is 1. The van der Waals surface area contributed by atoms with Crippen LogP contribution >= 0.6 is 22.6 Å². The molecule has 0 aromatic carbocycles. The molecule has 0 radical (unpaired) electrons. The van der Waals surface area contributed by atoms with E-state index in [4.69, 9.17) is 0 Å². The van der Waals surface area contributed by atoms with Crippen molar-refractivity contribution >= 4 is 28.5 Å². The Morgan fingerprint density at radius 3 is 1.30 bits per heavy atom. The second-order valence-corrected chi connectivity index (χ2v) is 6.30. The Hall–Kier alpha value is 0.200. The monoisotopic (exact) mass is 397 g/mol. The van der Waals surface area contributed by atoms with Gasteiger partial charge in [-0.2, -0.15) is 0 Å². The molecule has 1 amide bonds. The van der Waals surface area contributed by atoms with Crippen LogP contribution in [0, 0.1) is 16.2 Å². The van der Waals surface area contributed by atoms with Gasteiger partial charge in [-0.05, 0) is 31.1 Å².